The maximum Gasteiger partial charge on any atom is 0.349 e. The van der Waals surface area contributed by atoms with Crippen LogP contribution in [0.25, 0.3) is 11.6 Å². The van der Waals surface area contributed by atoms with Crippen molar-refractivity contribution in [3.8, 4) is 6.07 Å². The number of carbonyl (C=O) groups is 2. The van der Waals surface area contributed by atoms with Gasteiger partial charge in [0.15, 0.2) is 0 Å². The number of rotatable bonds is 6. The minimum atomic E-state index is -0.770. The summed E-state index contributed by atoms with van der Waals surface area (Å²) in [5, 5.41) is 9.39. The normalized spacial score (nSPS) is 11.1. The number of carbonyl (C=O) groups excluding carboxylic acids is 2. The van der Waals surface area contributed by atoms with Crippen molar-refractivity contribution >= 4 is 23.3 Å². The molecule has 0 atom stereocenters. The molecule has 1 aromatic carbocycles. The van der Waals surface area contributed by atoms with Crippen molar-refractivity contribution in [1.29, 1.82) is 5.26 Å². The van der Waals surface area contributed by atoms with Gasteiger partial charge in [0.05, 0.1) is 11.2 Å². The van der Waals surface area contributed by atoms with Crippen molar-refractivity contribution < 1.29 is 18.7 Å². The van der Waals surface area contributed by atoms with Gasteiger partial charge in [-0.25, -0.2) is 9.18 Å². The summed E-state index contributed by atoms with van der Waals surface area (Å²) in [6.07, 6.45) is 4.54. The molecule has 5 nitrogen and oxygen atoms in total. The molecule has 0 amide bonds. The van der Waals surface area contributed by atoms with Gasteiger partial charge < -0.3 is 9.14 Å². The molecule has 2 heterocycles. The maximum absolute atomic E-state index is 13.2. The van der Waals surface area contributed by atoms with Crippen LogP contribution in [-0.4, -0.2) is 22.8 Å². The van der Waals surface area contributed by atoms with Crippen molar-refractivity contribution in [1.82, 2.24) is 4.40 Å². The second-order valence-corrected chi connectivity index (χ2v) is 6.24. The quantitative estimate of drug-likeness (QED) is 0.208. The Kier molecular flexibility index (Phi) is 5.70. The molecular formula is C23H17FN2O3. The van der Waals surface area contributed by atoms with Crippen LogP contribution in [0.15, 0.2) is 66.9 Å². The Morgan fingerprint density at radius 2 is 1.97 bits per heavy atom. The molecule has 0 spiro atoms. The van der Waals surface area contributed by atoms with Gasteiger partial charge in [0.1, 0.15) is 24.1 Å². The lowest BCUT2D eigenvalue weighted by Crippen LogP contribution is -2.07. The zero-order valence-corrected chi connectivity index (χ0v) is 15.7. The fraction of sp³-hybridized carbons (Fsp3) is 0.0870. The summed E-state index contributed by atoms with van der Waals surface area (Å²) in [5.41, 5.74) is 2.32. The molecule has 0 unspecified atom stereocenters. The van der Waals surface area contributed by atoms with Gasteiger partial charge in [-0.15, -0.1) is 0 Å². The van der Waals surface area contributed by atoms with Crippen LogP contribution < -0.4 is 0 Å². The van der Waals surface area contributed by atoms with Crippen LogP contribution in [0.4, 0.5) is 4.39 Å². The number of hydrogen-bond acceptors (Lipinski definition) is 4. The van der Waals surface area contributed by atoms with E-state index < -0.39 is 11.8 Å². The number of hydrogen-bond donors (Lipinski definition) is 0. The van der Waals surface area contributed by atoms with Gasteiger partial charge in [-0.2, -0.15) is 5.26 Å². The van der Waals surface area contributed by atoms with E-state index in [2.05, 4.69) is 6.58 Å². The smallest absolute Gasteiger partial charge is 0.349 e. The molecule has 0 aliphatic rings. The van der Waals surface area contributed by atoms with Gasteiger partial charge in [0.2, 0.25) is 5.78 Å². The molecule has 0 fully saturated rings. The number of benzene rings is 1. The second-order valence-electron chi connectivity index (χ2n) is 6.24. The Balaban J connectivity index is 2.16. The molecule has 3 rings (SSSR count). The average Bonchev–Trinajstić information content (AvgIpc) is 3.01. The van der Waals surface area contributed by atoms with E-state index in [0.29, 0.717) is 27.9 Å². The van der Waals surface area contributed by atoms with Crippen molar-refractivity contribution in [3.05, 3.63) is 95.1 Å². The topological polar surface area (TPSA) is 71.6 Å². The second kappa shape index (κ2) is 8.36. The largest absolute Gasteiger partial charge is 0.457 e. The van der Waals surface area contributed by atoms with Crippen molar-refractivity contribution in [2.75, 3.05) is 6.61 Å². The van der Waals surface area contributed by atoms with Crippen LogP contribution in [0.5, 0.6) is 0 Å². The van der Waals surface area contributed by atoms with Gasteiger partial charge in [-0.05, 0) is 55.0 Å². The maximum atomic E-state index is 13.2. The molecule has 0 bridgehead atoms. The van der Waals surface area contributed by atoms with Crippen LogP contribution in [0.1, 0.15) is 27.2 Å². The first kappa shape index (κ1) is 19.8. The third-order valence-corrected chi connectivity index (χ3v) is 4.42. The van der Waals surface area contributed by atoms with E-state index in [1.807, 2.05) is 6.07 Å². The zero-order chi connectivity index (χ0) is 21.0. The number of pyridine rings is 1. The number of ether oxygens (including phenoxy) is 1. The molecule has 0 saturated heterocycles. The summed E-state index contributed by atoms with van der Waals surface area (Å²) in [7, 11) is 0. The molecule has 144 valence electrons. The number of ketones is 1. The number of aromatic nitrogens is 1. The van der Waals surface area contributed by atoms with Crippen LogP contribution in [-0.2, 0) is 9.53 Å². The van der Waals surface area contributed by atoms with Crippen LogP contribution in [0, 0.1) is 24.1 Å². The van der Waals surface area contributed by atoms with Crippen molar-refractivity contribution in [2.24, 2.45) is 0 Å². The summed E-state index contributed by atoms with van der Waals surface area (Å²) in [5.74, 6) is -1.50. The van der Waals surface area contributed by atoms with E-state index in [1.54, 1.807) is 35.7 Å². The number of nitriles is 1. The Hall–Kier alpha value is -3.98. The Bertz CT molecular complexity index is 1180. The van der Waals surface area contributed by atoms with Crippen LogP contribution in [0.3, 0.4) is 0 Å². The molecule has 0 aliphatic heterocycles. The van der Waals surface area contributed by atoms with Crippen LogP contribution in [0.2, 0.25) is 0 Å². The molecule has 0 aliphatic carbocycles. The van der Waals surface area contributed by atoms with Crippen molar-refractivity contribution in [2.45, 2.75) is 6.92 Å². The lowest BCUT2D eigenvalue weighted by atomic mass is 10.0. The van der Waals surface area contributed by atoms with E-state index in [9.17, 15) is 19.2 Å². The lowest BCUT2D eigenvalue weighted by Gasteiger charge is -2.04. The zero-order valence-electron chi connectivity index (χ0n) is 15.7. The molecule has 0 radical (unpaired) electrons. The Labute approximate surface area is 167 Å². The Morgan fingerprint density at radius 1 is 1.24 bits per heavy atom. The summed E-state index contributed by atoms with van der Waals surface area (Å²) in [6.45, 7) is 5.19. The first-order valence-electron chi connectivity index (χ1n) is 8.77. The summed E-state index contributed by atoms with van der Waals surface area (Å²) >= 11 is 0. The minimum Gasteiger partial charge on any atom is -0.457 e. The van der Waals surface area contributed by atoms with Gasteiger partial charge in [0, 0.05) is 17.3 Å². The number of esters is 1. The molecule has 29 heavy (non-hydrogen) atoms. The van der Waals surface area contributed by atoms with E-state index in [-0.39, 0.29) is 18.0 Å². The number of halogens is 1. The molecule has 0 saturated carbocycles. The monoisotopic (exact) mass is 388 g/mol. The molecule has 6 heteroatoms. The van der Waals surface area contributed by atoms with Crippen LogP contribution >= 0.6 is 0 Å². The molecular weight excluding hydrogens is 371 g/mol. The molecule has 2 aromatic heterocycles. The van der Waals surface area contributed by atoms with Gasteiger partial charge in [-0.3, -0.25) is 4.79 Å². The third-order valence-electron chi connectivity index (χ3n) is 4.42. The summed E-state index contributed by atoms with van der Waals surface area (Å²) in [4.78, 5) is 25.2. The molecule has 3 aromatic rings. The first-order chi connectivity index (χ1) is 14.0. The predicted octanol–water partition coefficient (Wildman–Crippen LogP) is 4.25. The van der Waals surface area contributed by atoms with E-state index in [0.717, 1.165) is 0 Å². The highest BCUT2D eigenvalue weighted by Gasteiger charge is 2.22. The van der Waals surface area contributed by atoms with Crippen molar-refractivity contribution in [3.63, 3.8) is 0 Å². The molecule has 0 N–H and O–H groups in total. The van der Waals surface area contributed by atoms with Gasteiger partial charge in [-0.1, -0.05) is 18.7 Å². The minimum absolute atomic E-state index is 0.0123. The van der Waals surface area contributed by atoms with E-state index in [1.165, 1.54) is 36.4 Å². The fourth-order valence-corrected chi connectivity index (χ4v) is 3.05. The predicted molar refractivity (Wildman–Crippen MR) is 107 cm³/mol. The average molecular weight is 388 g/mol. The summed E-state index contributed by atoms with van der Waals surface area (Å²) < 4.78 is 19.9. The first-order valence-corrected chi connectivity index (χ1v) is 8.77. The standard InChI is InChI=1S/C23H17FN2O3/c1-3-12-29-23(28)17(14-25)13-19-15(2)21(26-11-5-4-6-20(19)26)22(27)16-7-9-18(24)10-8-16/h3-11,13H,1,12H2,2H3/b17-13+. The van der Waals surface area contributed by atoms with E-state index >= 15 is 0 Å². The van der Waals surface area contributed by atoms with Gasteiger partial charge in [0.25, 0.3) is 0 Å². The lowest BCUT2D eigenvalue weighted by molar-refractivity contribution is -0.137. The summed E-state index contributed by atoms with van der Waals surface area (Å²) in [6, 6.07) is 12.5. The van der Waals surface area contributed by atoms with E-state index in [4.69, 9.17) is 4.74 Å². The fourth-order valence-electron chi connectivity index (χ4n) is 3.05. The Morgan fingerprint density at radius 3 is 2.62 bits per heavy atom. The highest BCUT2D eigenvalue weighted by molar-refractivity contribution is 6.11. The third kappa shape index (κ3) is 3.85. The number of fused-ring (bicyclic) bond motifs is 1. The van der Waals surface area contributed by atoms with Gasteiger partial charge >= 0.3 is 5.97 Å². The SMILES string of the molecule is C=CCOC(=O)/C(C#N)=C/c1c(C)c(C(=O)c2ccc(F)cc2)n2ccccc12. The number of nitrogens with zero attached hydrogens (tertiary/aromatic N) is 2. The highest BCUT2D eigenvalue weighted by Crippen LogP contribution is 2.27. The highest BCUT2D eigenvalue weighted by atomic mass is 19.1.